The molecule has 5 aromatic carbocycles. The monoisotopic (exact) mass is 986 g/mol. The Labute approximate surface area is 419 Å². The van der Waals surface area contributed by atoms with Gasteiger partial charge in [-0.15, -0.1) is 5.06 Å². The van der Waals surface area contributed by atoms with Gasteiger partial charge in [-0.3, -0.25) is 9.63 Å². The molecule has 0 saturated carbocycles. The van der Waals surface area contributed by atoms with E-state index in [1.54, 1.807) is 60.6 Å². The average Bonchev–Trinajstić information content (AvgIpc) is 3.94. The second kappa shape index (κ2) is 23.3. The van der Waals surface area contributed by atoms with E-state index in [0.29, 0.717) is 49.4 Å². The van der Waals surface area contributed by atoms with Gasteiger partial charge in [0, 0.05) is 44.7 Å². The van der Waals surface area contributed by atoms with E-state index in [1.807, 2.05) is 93.6 Å². The van der Waals surface area contributed by atoms with E-state index in [4.69, 9.17) is 42.7 Å². The minimum absolute atomic E-state index is 0.0197. The summed E-state index contributed by atoms with van der Waals surface area (Å²) < 4.78 is 50.3. The van der Waals surface area contributed by atoms with Crippen LogP contribution >= 0.6 is 11.8 Å². The predicted octanol–water partition coefficient (Wildman–Crippen LogP) is 9.83. The summed E-state index contributed by atoms with van der Waals surface area (Å²) in [7, 11) is 3.19. The van der Waals surface area contributed by atoms with Gasteiger partial charge in [-0.2, -0.15) is 0 Å². The molecule has 10 atom stereocenters. The van der Waals surface area contributed by atoms with Crippen molar-refractivity contribution in [2.75, 3.05) is 40.5 Å². The van der Waals surface area contributed by atoms with Gasteiger partial charge in [0.05, 0.1) is 36.2 Å². The second-order valence-corrected chi connectivity index (χ2v) is 19.3. The fourth-order valence-corrected chi connectivity index (χ4v) is 11.2. The number of thioether (sulfide) groups is 1. The minimum Gasteiger partial charge on any atom is -0.497 e. The van der Waals surface area contributed by atoms with Gasteiger partial charge < -0.3 is 42.8 Å². The molecule has 374 valence electrons. The normalized spacial score (nSPS) is 25.9. The number of unbranched alkanes of at least 4 members (excludes halogenated alkanes) is 1. The van der Waals surface area contributed by atoms with Crippen LogP contribution in [0.3, 0.4) is 0 Å². The fraction of sp³-hybridized carbons (Fsp3) is 0.411. The van der Waals surface area contributed by atoms with Crippen molar-refractivity contribution in [3.05, 3.63) is 161 Å². The first-order chi connectivity index (χ1) is 34.6. The van der Waals surface area contributed by atoms with Crippen molar-refractivity contribution >= 4 is 28.9 Å². The molecule has 1 aliphatic carbocycles. The van der Waals surface area contributed by atoms with E-state index >= 15 is 0 Å². The zero-order valence-electron chi connectivity index (χ0n) is 40.7. The Balaban J connectivity index is 0.873. The molecule has 1 amide bonds. The molecule has 0 spiro atoms. The molecule has 0 aromatic heterocycles. The molecular formula is C56H62N2O12S. The lowest BCUT2D eigenvalue weighted by Gasteiger charge is -2.44. The summed E-state index contributed by atoms with van der Waals surface area (Å²) in [6.07, 6.45) is -4.44. The first-order valence-electron chi connectivity index (χ1n) is 24.5. The Morgan fingerprint density at radius 3 is 2.04 bits per heavy atom. The van der Waals surface area contributed by atoms with Gasteiger partial charge in [0.2, 0.25) is 5.12 Å². The maximum Gasteiger partial charge on any atom is 0.409 e. The number of amides is 1. The van der Waals surface area contributed by atoms with Crippen molar-refractivity contribution < 1.29 is 57.1 Å². The van der Waals surface area contributed by atoms with E-state index in [-0.39, 0.29) is 30.2 Å². The van der Waals surface area contributed by atoms with Gasteiger partial charge in [0.1, 0.15) is 30.7 Å². The quantitative estimate of drug-likeness (QED) is 0.0608. The largest absolute Gasteiger partial charge is 0.497 e. The minimum atomic E-state index is -0.921. The van der Waals surface area contributed by atoms with E-state index in [0.717, 1.165) is 17.3 Å². The summed E-state index contributed by atoms with van der Waals surface area (Å²) in [6.45, 7) is 7.34. The van der Waals surface area contributed by atoms with Gasteiger partial charge in [0.25, 0.3) is 0 Å². The van der Waals surface area contributed by atoms with Crippen molar-refractivity contribution in [2.45, 2.75) is 107 Å². The van der Waals surface area contributed by atoms with Crippen LogP contribution in [0.25, 0.3) is 11.1 Å². The zero-order chi connectivity index (χ0) is 49.4. The number of nitrogens with zero attached hydrogens (tertiary/aromatic N) is 2. The van der Waals surface area contributed by atoms with Crippen LogP contribution < -0.4 is 4.74 Å². The highest BCUT2D eigenvalue weighted by Gasteiger charge is 2.57. The number of hydroxylamine groups is 2. The van der Waals surface area contributed by atoms with Crippen LogP contribution in [0, 0.1) is 0 Å². The number of benzene rings is 5. The number of rotatable bonds is 18. The first-order valence-corrected chi connectivity index (χ1v) is 25.4. The third-order valence-electron chi connectivity index (χ3n) is 13.7. The van der Waals surface area contributed by atoms with Gasteiger partial charge >= 0.3 is 12.1 Å². The summed E-state index contributed by atoms with van der Waals surface area (Å²) in [4.78, 5) is 49.3. The maximum absolute atomic E-state index is 13.6. The van der Waals surface area contributed by atoms with Gasteiger partial charge in [0.15, 0.2) is 18.8 Å². The Morgan fingerprint density at radius 2 is 1.39 bits per heavy atom. The number of hydrogen-bond donors (Lipinski definition) is 0. The molecule has 5 aromatic rings. The van der Waals surface area contributed by atoms with Crippen molar-refractivity contribution in [1.29, 1.82) is 0 Å². The Kier molecular flexibility index (Phi) is 16.5. The molecule has 0 radical (unpaired) electrons. The summed E-state index contributed by atoms with van der Waals surface area (Å²) in [5.41, 5.74) is 6.42. The predicted molar refractivity (Wildman–Crippen MR) is 267 cm³/mol. The number of hydrogen-bond acceptors (Lipinski definition) is 14. The third-order valence-corrected chi connectivity index (χ3v) is 15.1. The van der Waals surface area contributed by atoms with Crippen LogP contribution in [-0.4, -0.2) is 122 Å². The summed E-state index contributed by atoms with van der Waals surface area (Å²) >= 11 is 1.09. The Bertz CT molecular complexity index is 2530. The topological polar surface area (TPSA) is 141 Å². The van der Waals surface area contributed by atoms with E-state index in [1.165, 1.54) is 22.3 Å². The molecule has 3 fully saturated rings. The summed E-state index contributed by atoms with van der Waals surface area (Å²) in [5, 5.41) is 1.06. The van der Waals surface area contributed by atoms with Crippen LogP contribution in [0.2, 0.25) is 0 Å². The molecule has 9 rings (SSSR count). The smallest absolute Gasteiger partial charge is 0.409 e. The van der Waals surface area contributed by atoms with Gasteiger partial charge in [-0.25, -0.2) is 9.59 Å². The summed E-state index contributed by atoms with van der Waals surface area (Å²) in [5.74, 6) is 0.144. The van der Waals surface area contributed by atoms with Crippen LogP contribution in [0.4, 0.5) is 4.79 Å². The number of ether oxygens (including phenoxy) is 8. The fourth-order valence-electron chi connectivity index (χ4n) is 10.1. The van der Waals surface area contributed by atoms with Crippen molar-refractivity contribution in [3.8, 4) is 16.9 Å². The van der Waals surface area contributed by atoms with Crippen LogP contribution in [0.5, 0.6) is 5.75 Å². The molecule has 0 N–H and O–H groups in total. The lowest BCUT2D eigenvalue weighted by molar-refractivity contribution is -0.349. The van der Waals surface area contributed by atoms with Gasteiger partial charge in [-0.1, -0.05) is 121 Å². The average molecular weight is 987 g/mol. The van der Waals surface area contributed by atoms with Crippen LogP contribution in [-0.2, 0) is 38.0 Å². The number of fused-ring (bicyclic) bond motifs is 4. The molecule has 3 heterocycles. The lowest BCUT2D eigenvalue weighted by atomic mass is 9.97. The molecular weight excluding hydrogens is 925 g/mol. The highest BCUT2D eigenvalue weighted by Crippen LogP contribution is 2.46. The zero-order valence-corrected chi connectivity index (χ0v) is 41.5. The second-order valence-electron chi connectivity index (χ2n) is 18.1. The van der Waals surface area contributed by atoms with Gasteiger partial charge in [-0.05, 0) is 85.7 Å². The summed E-state index contributed by atoms with van der Waals surface area (Å²) in [6, 6.07) is 41.4. The Hall–Kier alpha value is -5.62. The van der Waals surface area contributed by atoms with Crippen molar-refractivity contribution in [3.63, 3.8) is 0 Å². The first kappa shape index (κ1) is 50.3. The number of esters is 1. The molecule has 4 aliphatic rings. The number of methoxy groups -OCH3 is 2. The van der Waals surface area contributed by atoms with Crippen LogP contribution in [0.15, 0.2) is 133 Å². The van der Waals surface area contributed by atoms with E-state index in [9.17, 15) is 14.4 Å². The standard InChI is InChI=1S/C56H62N2O12S/c1-6-57(56(61)65-34-45-43-25-15-13-23-41(43)42-24-14-16-26-44(42)45)31-17-18-32-64-50-49-48(35(2)67-55(50)63-5)58(52(69-49)37-27-29-40(62-4)30-28-37)70-47-33-46(68-53(59)38-19-9-7-10-20-38)51(36(3)66-47)71-54(60)39-21-11-8-12-22-39/h7-16,19-30,35-36,45-52,55H,6,17-18,31-34H2,1-5H3/t35-,36-,46+,47+,48-,49+,50-,51-,52?,55+/m1/s1. The molecule has 1 unspecified atom stereocenters. The highest BCUT2D eigenvalue weighted by molar-refractivity contribution is 8.14. The molecule has 0 bridgehead atoms. The van der Waals surface area contributed by atoms with Crippen molar-refractivity contribution in [1.82, 2.24) is 9.96 Å². The lowest BCUT2D eigenvalue weighted by Crippen LogP contribution is -2.60. The molecule has 3 saturated heterocycles. The third kappa shape index (κ3) is 11.2. The molecule has 3 aliphatic heterocycles. The number of carbonyl (C=O) groups is 3. The highest BCUT2D eigenvalue weighted by atomic mass is 32.2. The van der Waals surface area contributed by atoms with E-state index < -0.39 is 66.6 Å². The van der Waals surface area contributed by atoms with E-state index in [2.05, 4.69) is 24.3 Å². The van der Waals surface area contributed by atoms with Crippen LogP contribution in [0.1, 0.15) is 89.6 Å². The Morgan fingerprint density at radius 1 is 0.746 bits per heavy atom. The number of carbonyl (C=O) groups excluding carboxylic acids is 3. The molecule has 14 nitrogen and oxygen atoms in total. The van der Waals surface area contributed by atoms with Crippen molar-refractivity contribution in [2.24, 2.45) is 0 Å². The molecule has 15 heteroatoms. The SMILES string of the molecule is CCN(CCCCO[C@H]1[C@@H](OC)O[C@H](C)[C@@H]2[C@@H]1OC(c1ccc(OC)cc1)N2O[C@H]1C[C@H](OC(=O)c2ccccc2)[C@H](SC(=O)c2ccccc2)[C@@H](C)O1)C(=O)OCC1c2ccccc2-c2ccccc21. The maximum atomic E-state index is 13.6. The molecule has 71 heavy (non-hydrogen) atoms.